The van der Waals surface area contributed by atoms with Crippen LogP contribution in [0.5, 0.6) is 0 Å². The number of fused-ring (bicyclic) bond motifs is 5. The fraction of sp³-hybridized carbons (Fsp3) is 0.900. The van der Waals surface area contributed by atoms with Crippen LogP contribution in [-0.2, 0) is 0 Å². The summed E-state index contributed by atoms with van der Waals surface area (Å²) in [4.78, 5) is 0. The maximum Gasteiger partial charge on any atom is 0.0854 e. The van der Waals surface area contributed by atoms with Gasteiger partial charge in [0.05, 0.1) is 5.71 Å². The van der Waals surface area contributed by atoms with Crippen molar-refractivity contribution in [3.63, 3.8) is 0 Å². The minimum Gasteiger partial charge on any atom is -0.411 e. The second-order valence-electron chi connectivity index (χ2n) is 13.9. The van der Waals surface area contributed by atoms with Gasteiger partial charge in [-0.15, -0.1) is 0 Å². The molecule has 4 aliphatic rings. The van der Waals surface area contributed by atoms with E-state index >= 15 is 0 Å². The smallest absolute Gasteiger partial charge is 0.0854 e. The summed E-state index contributed by atoms with van der Waals surface area (Å²) in [6.45, 7) is 19.6. The summed E-state index contributed by atoms with van der Waals surface area (Å²) in [5.41, 5.74) is 3.14. The van der Waals surface area contributed by atoms with E-state index in [1.165, 1.54) is 63.4 Å². The van der Waals surface area contributed by atoms with Gasteiger partial charge in [-0.1, -0.05) is 78.5 Å². The van der Waals surface area contributed by atoms with Gasteiger partial charge in [-0.2, -0.15) is 0 Å². The molecule has 182 valence electrons. The molecule has 32 heavy (non-hydrogen) atoms. The summed E-state index contributed by atoms with van der Waals surface area (Å²) < 4.78 is 0. The predicted molar refractivity (Wildman–Crippen MR) is 136 cm³/mol. The highest BCUT2D eigenvalue weighted by Crippen LogP contribution is 2.70. The second kappa shape index (κ2) is 8.46. The molecule has 0 aromatic rings. The molecule has 3 saturated carbocycles. The van der Waals surface area contributed by atoms with Crippen molar-refractivity contribution >= 4 is 5.71 Å². The summed E-state index contributed by atoms with van der Waals surface area (Å²) in [7, 11) is 0. The molecule has 0 amide bonds. The van der Waals surface area contributed by atoms with Crippen LogP contribution in [0, 0.1) is 57.7 Å². The lowest BCUT2D eigenvalue weighted by Gasteiger charge is -2.63. The van der Waals surface area contributed by atoms with Gasteiger partial charge in [0.2, 0.25) is 0 Å². The Balaban J connectivity index is 1.57. The van der Waals surface area contributed by atoms with Gasteiger partial charge < -0.3 is 5.21 Å². The number of hydrogen-bond acceptors (Lipinski definition) is 2. The molecule has 0 unspecified atom stereocenters. The maximum absolute atomic E-state index is 9.72. The summed E-state index contributed by atoms with van der Waals surface area (Å²) in [6, 6.07) is 0. The second-order valence-corrected chi connectivity index (χ2v) is 13.9. The maximum atomic E-state index is 9.72. The van der Waals surface area contributed by atoms with E-state index in [0.717, 1.165) is 41.2 Å². The van der Waals surface area contributed by atoms with Gasteiger partial charge in [0, 0.05) is 5.41 Å². The lowest BCUT2D eigenvalue weighted by Crippen LogP contribution is -2.58. The SMILES string of the molecule is CC1=C/C(=N\O)C(C)(C)[C@@H]2CC[C@H]3[C@@H]4CC[C@H]([C@H](C)CCCC(C)C)[C@@]4(C)CC[C@@H]3[C@@]12C. The molecule has 0 heterocycles. The van der Waals surface area contributed by atoms with Crippen LogP contribution in [0.4, 0.5) is 0 Å². The first-order valence-electron chi connectivity index (χ1n) is 13.9. The molecule has 8 atom stereocenters. The topological polar surface area (TPSA) is 32.6 Å². The molecular formula is C30H51NO. The Kier molecular flexibility index (Phi) is 6.43. The lowest BCUT2D eigenvalue weighted by molar-refractivity contribution is -0.103. The van der Waals surface area contributed by atoms with Gasteiger partial charge in [-0.25, -0.2) is 0 Å². The molecule has 0 bridgehead atoms. The molecule has 4 aliphatic carbocycles. The van der Waals surface area contributed by atoms with Crippen molar-refractivity contribution in [2.45, 2.75) is 113 Å². The minimum absolute atomic E-state index is 0.0438. The van der Waals surface area contributed by atoms with Crippen LogP contribution in [0.2, 0.25) is 0 Å². The van der Waals surface area contributed by atoms with Crippen molar-refractivity contribution < 1.29 is 5.21 Å². The van der Waals surface area contributed by atoms with Gasteiger partial charge in [0.1, 0.15) is 0 Å². The molecule has 0 aromatic heterocycles. The van der Waals surface area contributed by atoms with Crippen LogP contribution in [0.1, 0.15) is 113 Å². The van der Waals surface area contributed by atoms with E-state index in [2.05, 4.69) is 66.6 Å². The Morgan fingerprint density at radius 1 is 0.969 bits per heavy atom. The zero-order valence-electron chi connectivity index (χ0n) is 22.4. The summed E-state index contributed by atoms with van der Waals surface area (Å²) in [5.74, 6) is 5.83. The van der Waals surface area contributed by atoms with Crippen molar-refractivity contribution in [2.75, 3.05) is 0 Å². The average Bonchev–Trinajstić information content (AvgIpc) is 3.07. The number of nitrogens with zero attached hydrogens (tertiary/aromatic N) is 1. The average molecular weight is 442 g/mol. The third kappa shape index (κ3) is 3.52. The van der Waals surface area contributed by atoms with E-state index in [1.807, 2.05) is 0 Å². The Morgan fingerprint density at radius 3 is 2.34 bits per heavy atom. The Labute approximate surface area is 198 Å². The summed E-state index contributed by atoms with van der Waals surface area (Å²) in [5, 5.41) is 13.5. The first-order chi connectivity index (χ1) is 15.0. The third-order valence-corrected chi connectivity index (χ3v) is 11.8. The number of hydrogen-bond donors (Lipinski definition) is 1. The minimum atomic E-state index is -0.0438. The zero-order valence-corrected chi connectivity index (χ0v) is 22.4. The molecule has 0 aliphatic heterocycles. The van der Waals surface area contributed by atoms with Crippen LogP contribution >= 0.6 is 0 Å². The lowest BCUT2D eigenvalue weighted by atomic mass is 9.41. The summed E-state index contributed by atoms with van der Waals surface area (Å²) >= 11 is 0. The largest absolute Gasteiger partial charge is 0.411 e. The van der Waals surface area contributed by atoms with Crippen molar-refractivity contribution in [2.24, 2.45) is 62.8 Å². The highest BCUT2D eigenvalue weighted by atomic mass is 16.4. The standard InChI is InChI=1S/C30H51NO/c1-19(2)10-9-11-20(3)23-13-14-24-22-12-15-26-28(5,6)27(31-32)18-21(4)30(26,8)25(22)16-17-29(23,24)7/h18-20,22-26,32H,9-17H2,1-8H3/b31-27+/t20-,22+,23-,24+,25+,26+,29-,30-/m1/s1. The quantitative estimate of drug-likeness (QED) is 0.335. The highest BCUT2D eigenvalue weighted by molar-refractivity contribution is 6.00. The van der Waals surface area contributed by atoms with Crippen LogP contribution in [0.25, 0.3) is 0 Å². The van der Waals surface area contributed by atoms with Gasteiger partial charge in [-0.3, -0.25) is 0 Å². The Hall–Kier alpha value is -0.790. The zero-order chi connectivity index (χ0) is 23.5. The van der Waals surface area contributed by atoms with Gasteiger partial charge in [-0.05, 0) is 104 Å². The fourth-order valence-electron chi connectivity index (χ4n) is 9.94. The van der Waals surface area contributed by atoms with Gasteiger partial charge in [0.15, 0.2) is 0 Å². The predicted octanol–water partition coefficient (Wildman–Crippen LogP) is 8.74. The highest BCUT2D eigenvalue weighted by Gasteiger charge is 2.63. The number of oxime groups is 1. The van der Waals surface area contributed by atoms with E-state index < -0.39 is 0 Å². The number of allylic oxidation sites excluding steroid dienone is 2. The molecule has 0 radical (unpaired) electrons. The van der Waals surface area contributed by atoms with E-state index in [-0.39, 0.29) is 10.8 Å². The molecule has 2 heteroatoms. The summed E-state index contributed by atoms with van der Waals surface area (Å²) in [6.07, 6.45) is 14.9. The molecule has 0 saturated heterocycles. The third-order valence-electron chi connectivity index (χ3n) is 11.8. The molecule has 0 aromatic carbocycles. The van der Waals surface area contributed by atoms with Gasteiger partial charge in [0.25, 0.3) is 0 Å². The van der Waals surface area contributed by atoms with E-state index in [9.17, 15) is 5.21 Å². The van der Waals surface area contributed by atoms with E-state index in [4.69, 9.17) is 0 Å². The van der Waals surface area contributed by atoms with Crippen LogP contribution in [0.15, 0.2) is 16.8 Å². The normalized spacial score (nSPS) is 45.2. The van der Waals surface area contributed by atoms with Crippen molar-refractivity contribution in [3.8, 4) is 0 Å². The number of rotatable bonds is 5. The van der Waals surface area contributed by atoms with Crippen molar-refractivity contribution in [3.05, 3.63) is 11.6 Å². The molecule has 2 nitrogen and oxygen atoms in total. The van der Waals surface area contributed by atoms with Crippen molar-refractivity contribution in [1.82, 2.24) is 0 Å². The van der Waals surface area contributed by atoms with Crippen LogP contribution in [0.3, 0.4) is 0 Å². The molecule has 0 spiro atoms. The molecular weight excluding hydrogens is 390 g/mol. The molecule has 1 N–H and O–H groups in total. The van der Waals surface area contributed by atoms with Gasteiger partial charge >= 0.3 is 0 Å². The van der Waals surface area contributed by atoms with Crippen LogP contribution in [-0.4, -0.2) is 10.9 Å². The van der Waals surface area contributed by atoms with E-state index in [1.54, 1.807) is 0 Å². The Morgan fingerprint density at radius 2 is 1.69 bits per heavy atom. The first-order valence-corrected chi connectivity index (χ1v) is 13.9. The molecule has 4 rings (SSSR count). The monoisotopic (exact) mass is 441 g/mol. The first kappa shape index (κ1) is 24.3. The Bertz CT molecular complexity index is 763. The van der Waals surface area contributed by atoms with Crippen molar-refractivity contribution in [1.29, 1.82) is 0 Å². The molecule has 3 fully saturated rings. The fourth-order valence-corrected chi connectivity index (χ4v) is 9.94. The van der Waals surface area contributed by atoms with E-state index in [0.29, 0.717) is 11.3 Å². The van der Waals surface area contributed by atoms with Crippen LogP contribution < -0.4 is 0 Å².